The molecule has 0 radical (unpaired) electrons. The largest absolute Gasteiger partial charge is 0.438 e. The van der Waals surface area contributed by atoms with Crippen LogP contribution in [0.25, 0.3) is 12.2 Å². The van der Waals surface area contributed by atoms with Gasteiger partial charge in [-0.2, -0.15) is 0 Å². The zero-order valence-corrected chi connectivity index (χ0v) is 15.3. The smallest absolute Gasteiger partial charge is 0.335 e. The minimum Gasteiger partial charge on any atom is -0.438 e. The highest BCUT2D eigenvalue weighted by Crippen LogP contribution is 2.17. The van der Waals surface area contributed by atoms with Crippen LogP contribution in [0.5, 0.6) is 0 Å². The van der Waals surface area contributed by atoms with Gasteiger partial charge in [0.05, 0.1) is 4.92 Å². The second-order valence-corrected chi connectivity index (χ2v) is 6.03. The number of rotatable bonds is 8. The number of carbonyl (C=O) groups is 1. The molecule has 0 fully saturated rings. The Bertz CT molecular complexity index is 839. The fourth-order valence-electron chi connectivity index (χ4n) is 2.22. The van der Waals surface area contributed by atoms with Gasteiger partial charge in [-0.05, 0) is 42.3 Å². The highest BCUT2D eigenvalue weighted by atomic mass is 16.6. The van der Waals surface area contributed by atoms with Gasteiger partial charge in [0.2, 0.25) is 0 Å². The Balaban J connectivity index is 1.98. The van der Waals surface area contributed by atoms with Crippen molar-refractivity contribution >= 4 is 29.5 Å². The molecule has 0 aliphatic rings. The molecule has 1 N–H and O–H groups in total. The van der Waals surface area contributed by atoms with Crippen LogP contribution in [0.15, 0.2) is 60.7 Å². The molecule has 0 aliphatic carbocycles. The first-order valence-electron chi connectivity index (χ1n) is 8.54. The number of benzene rings is 2. The van der Waals surface area contributed by atoms with E-state index in [1.54, 1.807) is 19.1 Å². The third kappa shape index (κ3) is 6.11. The van der Waals surface area contributed by atoms with Crippen molar-refractivity contribution in [3.63, 3.8) is 0 Å². The lowest BCUT2D eigenvalue weighted by Crippen LogP contribution is -2.25. The maximum atomic E-state index is 11.6. The highest BCUT2D eigenvalue weighted by Gasteiger charge is 2.12. The molecule has 2 aromatic carbocycles. The van der Waals surface area contributed by atoms with Gasteiger partial charge in [-0.25, -0.2) is 4.79 Å². The van der Waals surface area contributed by atoms with Gasteiger partial charge in [0, 0.05) is 29.8 Å². The molecule has 0 aliphatic heterocycles. The van der Waals surface area contributed by atoms with Gasteiger partial charge < -0.3 is 10.1 Å². The number of ether oxygens (including phenoxy) is 1. The molecule has 0 aromatic heterocycles. The fourth-order valence-corrected chi connectivity index (χ4v) is 2.22. The summed E-state index contributed by atoms with van der Waals surface area (Å²) in [5, 5.41) is 13.8. The second kappa shape index (κ2) is 9.33. The summed E-state index contributed by atoms with van der Waals surface area (Å²) in [5.41, 5.74) is 3.12. The lowest BCUT2D eigenvalue weighted by Gasteiger charge is -2.19. The number of nitrogens with one attached hydrogen (secondary N) is 1. The van der Waals surface area contributed by atoms with Gasteiger partial charge in [-0.1, -0.05) is 37.8 Å². The van der Waals surface area contributed by atoms with Gasteiger partial charge in [0.25, 0.3) is 5.69 Å². The number of esters is 1. The summed E-state index contributed by atoms with van der Waals surface area (Å²) in [4.78, 5) is 21.9. The van der Waals surface area contributed by atoms with Crippen molar-refractivity contribution in [1.29, 1.82) is 0 Å². The van der Waals surface area contributed by atoms with Gasteiger partial charge in [-0.15, -0.1) is 0 Å². The standard InChI is InChI=1S/C21H22N2O4/c1-4-20(27-21(24)15(2)3)22-18-11-7-16(8-12-18)5-6-17-9-13-19(14-10-17)23(25)26/h5-14,20,22H,2,4H2,1,3H3. The van der Waals surface area contributed by atoms with Crippen LogP contribution in [0.4, 0.5) is 11.4 Å². The van der Waals surface area contributed by atoms with Crippen molar-refractivity contribution in [2.45, 2.75) is 26.5 Å². The van der Waals surface area contributed by atoms with Crippen LogP contribution in [-0.4, -0.2) is 17.1 Å². The maximum Gasteiger partial charge on any atom is 0.335 e. The molecule has 2 aromatic rings. The molecule has 0 saturated heterocycles. The predicted octanol–water partition coefficient (Wildman–Crippen LogP) is 5.03. The van der Waals surface area contributed by atoms with Gasteiger partial charge >= 0.3 is 5.97 Å². The third-order valence-corrected chi connectivity index (χ3v) is 3.78. The molecule has 0 heterocycles. The zero-order valence-electron chi connectivity index (χ0n) is 15.3. The molecule has 2 rings (SSSR count). The van der Waals surface area contributed by atoms with Crippen LogP contribution >= 0.6 is 0 Å². The minimum absolute atomic E-state index is 0.0698. The van der Waals surface area contributed by atoms with E-state index in [9.17, 15) is 14.9 Å². The summed E-state index contributed by atoms with van der Waals surface area (Å²) >= 11 is 0. The topological polar surface area (TPSA) is 81.5 Å². The summed E-state index contributed by atoms with van der Waals surface area (Å²) in [6.07, 6.45) is 4.01. The Labute approximate surface area is 158 Å². The minimum atomic E-state index is -0.421. The molecule has 0 saturated carbocycles. The number of carbonyl (C=O) groups excluding carboxylic acids is 1. The first kappa shape index (κ1) is 19.9. The molecular formula is C21H22N2O4. The van der Waals surface area contributed by atoms with Crippen LogP contribution in [0.2, 0.25) is 0 Å². The lowest BCUT2D eigenvalue weighted by molar-refractivity contribution is -0.384. The van der Waals surface area contributed by atoms with Crippen LogP contribution in [0, 0.1) is 10.1 Å². The van der Waals surface area contributed by atoms with Crippen LogP contribution in [0.3, 0.4) is 0 Å². The van der Waals surface area contributed by atoms with E-state index in [0.29, 0.717) is 12.0 Å². The van der Waals surface area contributed by atoms with Gasteiger partial charge in [0.1, 0.15) is 0 Å². The third-order valence-electron chi connectivity index (χ3n) is 3.78. The number of anilines is 1. The molecular weight excluding hydrogens is 344 g/mol. The van der Waals surface area contributed by atoms with Crippen molar-refractivity contribution in [3.05, 3.63) is 81.9 Å². The summed E-state index contributed by atoms with van der Waals surface area (Å²) in [5.74, 6) is -0.419. The van der Waals surface area contributed by atoms with E-state index in [0.717, 1.165) is 16.8 Å². The Morgan fingerprint density at radius 1 is 1.15 bits per heavy atom. The lowest BCUT2D eigenvalue weighted by atomic mass is 10.1. The van der Waals surface area contributed by atoms with Crippen molar-refractivity contribution < 1.29 is 14.5 Å². The molecule has 1 unspecified atom stereocenters. The van der Waals surface area contributed by atoms with Crippen molar-refractivity contribution in [3.8, 4) is 0 Å². The van der Waals surface area contributed by atoms with Gasteiger partial charge in [-0.3, -0.25) is 10.1 Å². The van der Waals surface area contributed by atoms with E-state index in [4.69, 9.17) is 4.74 Å². The van der Waals surface area contributed by atoms with E-state index >= 15 is 0 Å². The second-order valence-electron chi connectivity index (χ2n) is 6.03. The molecule has 1 atom stereocenters. The molecule has 6 heteroatoms. The molecule has 6 nitrogen and oxygen atoms in total. The monoisotopic (exact) mass is 366 g/mol. The molecule has 0 spiro atoms. The van der Waals surface area contributed by atoms with Crippen molar-refractivity contribution in [2.75, 3.05) is 5.32 Å². The zero-order chi connectivity index (χ0) is 19.8. The highest BCUT2D eigenvalue weighted by molar-refractivity contribution is 5.87. The predicted molar refractivity (Wildman–Crippen MR) is 107 cm³/mol. The first-order chi connectivity index (χ1) is 12.9. The Morgan fingerprint density at radius 2 is 1.67 bits per heavy atom. The average Bonchev–Trinajstić information content (AvgIpc) is 2.67. The Kier molecular flexibility index (Phi) is 6.88. The quantitative estimate of drug-likeness (QED) is 0.177. The molecule has 0 bridgehead atoms. The summed E-state index contributed by atoms with van der Waals surface area (Å²) < 4.78 is 5.32. The van der Waals surface area contributed by atoms with Crippen molar-refractivity contribution in [1.82, 2.24) is 0 Å². The summed E-state index contributed by atoms with van der Waals surface area (Å²) in [6, 6.07) is 14.0. The summed E-state index contributed by atoms with van der Waals surface area (Å²) in [6.45, 7) is 7.11. The SMILES string of the molecule is C=C(C)C(=O)OC(CC)Nc1ccc(C=Cc2ccc([N+](=O)[O-])cc2)cc1. The number of nitro benzene ring substituents is 1. The van der Waals surface area contributed by atoms with E-state index in [1.165, 1.54) is 12.1 Å². The summed E-state index contributed by atoms with van der Waals surface area (Å²) in [7, 11) is 0. The fraction of sp³-hybridized carbons (Fsp3) is 0.190. The van der Waals surface area contributed by atoms with E-state index in [1.807, 2.05) is 43.3 Å². The average molecular weight is 366 g/mol. The number of hydrogen-bond donors (Lipinski definition) is 1. The van der Waals surface area contributed by atoms with Gasteiger partial charge in [0.15, 0.2) is 6.23 Å². The van der Waals surface area contributed by atoms with E-state index < -0.39 is 17.1 Å². The normalized spacial score (nSPS) is 11.8. The van der Waals surface area contributed by atoms with E-state index in [2.05, 4.69) is 11.9 Å². The number of hydrogen-bond acceptors (Lipinski definition) is 5. The number of non-ortho nitro benzene ring substituents is 1. The van der Waals surface area contributed by atoms with Crippen molar-refractivity contribution in [2.24, 2.45) is 0 Å². The maximum absolute atomic E-state index is 11.6. The Morgan fingerprint density at radius 3 is 2.11 bits per heavy atom. The Hall–Kier alpha value is -3.41. The number of nitro groups is 1. The van der Waals surface area contributed by atoms with Crippen LogP contribution in [0.1, 0.15) is 31.4 Å². The molecule has 0 amide bonds. The van der Waals surface area contributed by atoms with E-state index in [-0.39, 0.29) is 5.69 Å². The first-order valence-corrected chi connectivity index (χ1v) is 8.54. The molecule has 27 heavy (non-hydrogen) atoms. The molecule has 140 valence electrons. The van der Waals surface area contributed by atoms with Crippen LogP contribution in [-0.2, 0) is 9.53 Å². The van der Waals surface area contributed by atoms with Crippen LogP contribution < -0.4 is 5.32 Å². The number of nitrogens with zero attached hydrogens (tertiary/aromatic N) is 1.